The molecule has 4 heteroatoms. The van der Waals surface area contributed by atoms with E-state index in [1.807, 2.05) is 0 Å². The van der Waals surface area contributed by atoms with Crippen LogP contribution in [0.4, 0.5) is 34.1 Å². The molecular weight excluding hydrogens is 769 g/mol. The number of nitrogens with zero attached hydrogens (tertiary/aromatic N) is 2. The molecule has 300 valence electrons. The Hall–Kier alpha value is -6.21. The molecule has 0 bridgehead atoms. The Bertz CT molecular complexity index is 3130. The molecule has 10 rings (SSSR count). The lowest BCUT2D eigenvalue weighted by molar-refractivity contribution is 0.661. The van der Waals surface area contributed by atoms with Gasteiger partial charge in [0.05, 0.1) is 21.8 Å². The van der Waals surface area contributed by atoms with Crippen LogP contribution in [0.5, 0.6) is 0 Å². The fourth-order valence-electron chi connectivity index (χ4n) is 9.60. The second-order valence-electron chi connectivity index (χ2n) is 19.5. The van der Waals surface area contributed by atoms with Crippen LogP contribution in [0.3, 0.4) is 0 Å². The van der Waals surface area contributed by atoms with Crippen LogP contribution in [-0.4, -0.2) is 16.1 Å². The Morgan fingerprint density at radius 3 is 1.33 bits per heavy atom. The third-order valence-corrected chi connectivity index (χ3v) is 17.2. The zero-order chi connectivity index (χ0) is 42.3. The minimum Gasteiger partial charge on any atom is -0.310 e. The van der Waals surface area contributed by atoms with Gasteiger partial charge in [0.1, 0.15) is 0 Å². The molecule has 0 amide bonds. The lowest BCUT2D eigenvalue weighted by Gasteiger charge is -2.31. The van der Waals surface area contributed by atoms with Gasteiger partial charge in [0, 0.05) is 39.2 Å². The van der Waals surface area contributed by atoms with Crippen molar-refractivity contribution in [1.82, 2.24) is 0 Å². The van der Waals surface area contributed by atoms with Crippen LogP contribution in [-0.2, 0) is 5.41 Å². The zero-order valence-electron chi connectivity index (χ0n) is 36.7. The van der Waals surface area contributed by atoms with Gasteiger partial charge in [0.2, 0.25) is 0 Å². The molecule has 0 saturated carbocycles. The van der Waals surface area contributed by atoms with E-state index in [9.17, 15) is 0 Å². The van der Waals surface area contributed by atoms with E-state index in [0.29, 0.717) is 0 Å². The largest absolute Gasteiger partial charge is 0.310 e. The summed E-state index contributed by atoms with van der Waals surface area (Å²) in [6, 6.07) is 68.7. The molecule has 0 heterocycles. The van der Waals surface area contributed by atoms with Gasteiger partial charge in [-0.05, 0) is 116 Å². The van der Waals surface area contributed by atoms with Gasteiger partial charge in [0.15, 0.2) is 0 Å². The molecule has 9 aromatic rings. The summed E-state index contributed by atoms with van der Waals surface area (Å²) in [7, 11) is -2.98. The minimum atomic E-state index is -1.50. The Morgan fingerprint density at radius 2 is 0.787 bits per heavy atom. The molecule has 1 aliphatic carbocycles. The Balaban J connectivity index is 1.16. The SMILES string of the molecule is CC1(C)c2cc(N(c3ccc([Si](C)(C)C)cc3)c3ccc4ccccc4c3)ccc2-c2c1cc(N(c1ccc([Si](C)(C)C)cc1)c1ccc3ccccc3c1)c1ccccc21. The van der Waals surface area contributed by atoms with Crippen LogP contribution in [0.1, 0.15) is 25.0 Å². The van der Waals surface area contributed by atoms with Crippen molar-refractivity contribution in [3.05, 3.63) is 193 Å². The summed E-state index contributed by atoms with van der Waals surface area (Å²) < 4.78 is 0. The van der Waals surface area contributed by atoms with Crippen molar-refractivity contribution in [2.24, 2.45) is 0 Å². The third-order valence-electron chi connectivity index (χ3n) is 13.1. The maximum atomic E-state index is 2.51. The van der Waals surface area contributed by atoms with Gasteiger partial charge in [-0.15, -0.1) is 0 Å². The standard InChI is InChI=1S/C57H54N2Si2/c1-57(2)53-37-47(58(43-25-30-48(31-26-43)60(3,4)5)45-23-21-39-15-9-11-17-41(39)35-45)29-34-52(53)56-51-20-14-13-19-50(51)55(38-54(56)57)59(44-27-32-49(33-28-44)61(6,7)8)46-24-22-40-16-10-12-18-42(40)36-46/h9-38H,1-8H3. The monoisotopic (exact) mass is 822 g/mol. The van der Waals surface area contributed by atoms with E-state index in [-0.39, 0.29) is 5.41 Å². The van der Waals surface area contributed by atoms with Gasteiger partial charge in [-0.2, -0.15) is 0 Å². The van der Waals surface area contributed by atoms with Crippen molar-refractivity contribution >= 4 is 93.0 Å². The van der Waals surface area contributed by atoms with E-state index in [0.717, 1.165) is 11.4 Å². The molecule has 0 fully saturated rings. The van der Waals surface area contributed by atoms with Gasteiger partial charge >= 0.3 is 0 Å². The summed E-state index contributed by atoms with van der Waals surface area (Å²) in [4.78, 5) is 4.95. The van der Waals surface area contributed by atoms with Gasteiger partial charge in [-0.3, -0.25) is 0 Å². The molecule has 1 aliphatic rings. The second kappa shape index (κ2) is 14.5. The first kappa shape index (κ1) is 39.0. The lowest BCUT2D eigenvalue weighted by Crippen LogP contribution is -2.37. The molecule has 9 aromatic carbocycles. The molecule has 0 N–H and O–H groups in total. The van der Waals surface area contributed by atoms with Crippen molar-refractivity contribution in [2.75, 3.05) is 9.80 Å². The first-order chi connectivity index (χ1) is 29.3. The first-order valence-electron chi connectivity index (χ1n) is 21.8. The minimum absolute atomic E-state index is 0.271. The molecule has 61 heavy (non-hydrogen) atoms. The highest BCUT2D eigenvalue weighted by atomic mass is 28.3. The topological polar surface area (TPSA) is 6.48 Å². The summed E-state index contributed by atoms with van der Waals surface area (Å²) in [6.45, 7) is 19.4. The van der Waals surface area contributed by atoms with Crippen LogP contribution >= 0.6 is 0 Å². The summed E-state index contributed by atoms with van der Waals surface area (Å²) >= 11 is 0. The molecule has 0 spiro atoms. The fourth-order valence-corrected chi connectivity index (χ4v) is 11.9. The predicted octanol–water partition coefficient (Wildman–Crippen LogP) is 15.5. The normalized spacial score (nSPS) is 13.4. The number of anilines is 6. The predicted molar refractivity (Wildman–Crippen MR) is 272 cm³/mol. The van der Waals surface area contributed by atoms with Gasteiger partial charge in [0.25, 0.3) is 0 Å². The quantitative estimate of drug-likeness (QED) is 0.141. The van der Waals surface area contributed by atoms with Crippen molar-refractivity contribution in [2.45, 2.75) is 58.5 Å². The summed E-state index contributed by atoms with van der Waals surface area (Å²) in [5.41, 5.74) is 12.1. The van der Waals surface area contributed by atoms with Crippen molar-refractivity contribution in [3.63, 3.8) is 0 Å². The fraction of sp³-hybridized carbons (Fsp3) is 0.158. The second-order valence-corrected chi connectivity index (χ2v) is 29.7. The molecule has 0 atom stereocenters. The lowest BCUT2D eigenvalue weighted by atomic mass is 9.81. The van der Waals surface area contributed by atoms with Crippen LogP contribution in [0.25, 0.3) is 43.4 Å². The molecule has 2 nitrogen and oxygen atoms in total. The molecule has 0 aliphatic heterocycles. The number of benzene rings is 9. The Kier molecular flexibility index (Phi) is 9.24. The highest BCUT2D eigenvalue weighted by Gasteiger charge is 2.39. The van der Waals surface area contributed by atoms with Crippen LogP contribution < -0.4 is 20.2 Å². The maximum absolute atomic E-state index is 2.51. The smallest absolute Gasteiger partial charge is 0.0775 e. The van der Waals surface area contributed by atoms with Crippen LogP contribution in [0.15, 0.2) is 182 Å². The zero-order valence-corrected chi connectivity index (χ0v) is 38.7. The van der Waals surface area contributed by atoms with E-state index >= 15 is 0 Å². The van der Waals surface area contributed by atoms with Crippen molar-refractivity contribution < 1.29 is 0 Å². The van der Waals surface area contributed by atoms with E-state index < -0.39 is 16.1 Å². The molecule has 0 saturated heterocycles. The summed E-state index contributed by atoms with van der Waals surface area (Å²) in [5.74, 6) is 0. The molecular formula is C57H54N2Si2. The Morgan fingerprint density at radius 1 is 0.361 bits per heavy atom. The highest BCUT2D eigenvalue weighted by molar-refractivity contribution is 6.89. The van der Waals surface area contributed by atoms with E-state index in [2.05, 4.69) is 245 Å². The summed E-state index contributed by atoms with van der Waals surface area (Å²) in [6.07, 6.45) is 0. The van der Waals surface area contributed by atoms with Crippen molar-refractivity contribution in [3.8, 4) is 11.1 Å². The third kappa shape index (κ3) is 6.79. The van der Waals surface area contributed by atoms with E-state index in [1.54, 1.807) is 0 Å². The van der Waals surface area contributed by atoms with Gasteiger partial charge in [-0.25, -0.2) is 0 Å². The van der Waals surface area contributed by atoms with Gasteiger partial charge < -0.3 is 9.80 Å². The molecule has 0 unspecified atom stereocenters. The van der Waals surface area contributed by atoms with Crippen LogP contribution in [0, 0.1) is 0 Å². The maximum Gasteiger partial charge on any atom is 0.0775 e. The van der Waals surface area contributed by atoms with Crippen molar-refractivity contribution in [1.29, 1.82) is 0 Å². The summed E-state index contributed by atoms with van der Waals surface area (Å²) in [5, 5.41) is 10.4. The Labute approximate surface area is 363 Å². The van der Waals surface area contributed by atoms with E-state index in [1.165, 1.54) is 87.7 Å². The molecule has 0 radical (unpaired) electrons. The molecule has 0 aromatic heterocycles. The van der Waals surface area contributed by atoms with Crippen LogP contribution in [0.2, 0.25) is 39.3 Å². The highest BCUT2D eigenvalue weighted by Crippen LogP contribution is 2.56. The average molecular weight is 823 g/mol. The average Bonchev–Trinajstić information content (AvgIpc) is 3.48. The number of fused-ring (bicyclic) bond motifs is 7. The van der Waals surface area contributed by atoms with E-state index in [4.69, 9.17) is 0 Å². The number of hydrogen-bond acceptors (Lipinski definition) is 2. The number of hydrogen-bond donors (Lipinski definition) is 0. The number of rotatable bonds is 8. The van der Waals surface area contributed by atoms with Gasteiger partial charge in [-0.1, -0.05) is 179 Å². The first-order valence-corrected chi connectivity index (χ1v) is 28.8.